The molecule has 266 valence electrons. The summed E-state index contributed by atoms with van der Waals surface area (Å²) < 4.78 is 0. The van der Waals surface area contributed by atoms with Gasteiger partial charge >= 0.3 is 35.2 Å². The Hall–Kier alpha value is -4.32. The van der Waals surface area contributed by atoms with Crippen molar-refractivity contribution in [3.63, 3.8) is 0 Å². The molecule has 0 heterocycles. The first-order valence-electron chi connectivity index (χ1n) is 17.9. The number of benzene rings is 6. The third-order valence-corrected chi connectivity index (χ3v) is 10.9. The normalized spacial score (nSPS) is 16.4. The van der Waals surface area contributed by atoms with Gasteiger partial charge in [0.15, 0.2) is 4.98 Å². The Balaban J connectivity index is 0.000000151. The zero-order valence-corrected chi connectivity index (χ0v) is 34.0. The van der Waals surface area contributed by atoms with E-state index in [2.05, 4.69) is 89.0 Å². The van der Waals surface area contributed by atoms with Crippen LogP contribution < -0.4 is 29.6 Å². The van der Waals surface area contributed by atoms with Crippen LogP contribution in [0, 0.1) is 31.8 Å². The largest absolute Gasteiger partial charge is 1.00 e. The third-order valence-electron chi connectivity index (χ3n) is 10.9. The van der Waals surface area contributed by atoms with Crippen molar-refractivity contribution in [2.45, 2.75) is 80.1 Å². The summed E-state index contributed by atoms with van der Waals surface area (Å²) in [6.07, 6.45) is 6.57. The molecular formula is C45H47N3NaO4+. The number of phenolic OH excluding ortho intramolecular Hbond substituents is 1. The van der Waals surface area contributed by atoms with Crippen molar-refractivity contribution in [1.82, 2.24) is 0 Å². The van der Waals surface area contributed by atoms with E-state index < -0.39 is 0 Å². The first kappa shape index (κ1) is 39.9. The van der Waals surface area contributed by atoms with Crippen LogP contribution in [-0.4, -0.2) is 15.5 Å². The second-order valence-electron chi connectivity index (χ2n) is 17.3. The molecule has 0 saturated carbocycles. The van der Waals surface area contributed by atoms with Crippen LogP contribution in [0.2, 0.25) is 0 Å². The Bertz CT molecular complexity index is 2430. The summed E-state index contributed by atoms with van der Waals surface area (Å²) in [7, 11) is 0. The SMILES string of the molecule is CC1(C)Cc2cc3cccc(O)c3cc2C1.CC1(C)Cc2cc3cccc([N+]#N)c3cc2C1.CC1(C)Cc2cc3cccc([N+](=O)[O-])c3cc2C1.[Na+].[OH-]. The molecule has 0 atom stereocenters. The fourth-order valence-corrected chi connectivity index (χ4v) is 8.72. The molecule has 8 heteroatoms. The molecule has 0 aromatic heterocycles. The number of diazo groups is 1. The van der Waals surface area contributed by atoms with E-state index in [0.29, 0.717) is 22.3 Å². The van der Waals surface area contributed by atoms with Gasteiger partial charge in [-0.25, -0.2) is 0 Å². The summed E-state index contributed by atoms with van der Waals surface area (Å²) in [4.78, 5) is 14.1. The maximum absolute atomic E-state index is 11.0. The molecule has 0 amide bonds. The minimum absolute atomic E-state index is 0. The van der Waals surface area contributed by atoms with Gasteiger partial charge in [0.25, 0.3) is 5.69 Å². The molecule has 7 nitrogen and oxygen atoms in total. The number of fused-ring (bicyclic) bond motifs is 6. The molecule has 0 bridgehead atoms. The summed E-state index contributed by atoms with van der Waals surface area (Å²) in [6, 6.07) is 29.8. The molecule has 0 aliphatic heterocycles. The number of nitrogens with zero attached hydrogens (tertiary/aromatic N) is 3. The topological polar surface area (TPSA) is 122 Å². The molecule has 0 radical (unpaired) electrons. The minimum Gasteiger partial charge on any atom is -0.870 e. The Morgan fingerprint density at radius 1 is 0.585 bits per heavy atom. The molecule has 0 saturated heterocycles. The Labute approximate surface area is 333 Å². The second kappa shape index (κ2) is 14.8. The van der Waals surface area contributed by atoms with Gasteiger partial charge in [-0.1, -0.05) is 96.1 Å². The summed E-state index contributed by atoms with van der Waals surface area (Å²) in [5.41, 5.74) is 10.2. The van der Waals surface area contributed by atoms with Crippen molar-refractivity contribution in [3.8, 4) is 5.75 Å². The van der Waals surface area contributed by atoms with Crippen LogP contribution in [0.5, 0.6) is 5.75 Å². The quantitative estimate of drug-likeness (QED) is 0.0789. The van der Waals surface area contributed by atoms with E-state index in [1.54, 1.807) is 18.2 Å². The molecular weight excluding hydrogens is 670 g/mol. The average molecular weight is 717 g/mol. The molecule has 3 aliphatic carbocycles. The van der Waals surface area contributed by atoms with E-state index in [4.69, 9.17) is 5.39 Å². The fourth-order valence-electron chi connectivity index (χ4n) is 8.72. The van der Waals surface area contributed by atoms with E-state index in [1.807, 2.05) is 30.3 Å². The van der Waals surface area contributed by atoms with Crippen LogP contribution >= 0.6 is 0 Å². The number of non-ortho nitro benzene ring substituents is 1. The summed E-state index contributed by atoms with van der Waals surface area (Å²) >= 11 is 0. The van der Waals surface area contributed by atoms with Gasteiger partial charge in [0, 0.05) is 17.5 Å². The molecule has 0 spiro atoms. The molecule has 0 fully saturated rings. The van der Waals surface area contributed by atoms with Gasteiger partial charge in [-0.15, -0.1) is 0 Å². The van der Waals surface area contributed by atoms with Crippen LogP contribution in [0.1, 0.15) is 74.9 Å². The Morgan fingerprint density at radius 3 is 1.40 bits per heavy atom. The summed E-state index contributed by atoms with van der Waals surface area (Å²) in [5.74, 6) is 0.394. The van der Waals surface area contributed by atoms with Crippen LogP contribution in [-0.2, 0) is 38.5 Å². The fraction of sp³-hybridized carbons (Fsp3) is 0.333. The van der Waals surface area contributed by atoms with Crippen LogP contribution in [0.15, 0.2) is 91.0 Å². The molecule has 3 aliphatic rings. The van der Waals surface area contributed by atoms with Crippen LogP contribution in [0.3, 0.4) is 0 Å². The molecule has 53 heavy (non-hydrogen) atoms. The van der Waals surface area contributed by atoms with Gasteiger partial charge in [-0.2, -0.15) is 0 Å². The maximum Gasteiger partial charge on any atom is 1.00 e. The first-order valence-corrected chi connectivity index (χ1v) is 17.9. The smallest absolute Gasteiger partial charge is 0.870 e. The van der Waals surface area contributed by atoms with Crippen molar-refractivity contribution in [2.24, 2.45) is 16.2 Å². The number of nitro groups is 1. The molecule has 9 rings (SSSR count). The van der Waals surface area contributed by atoms with Gasteiger partial charge in [0.05, 0.1) is 15.7 Å². The zero-order valence-electron chi connectivity index (χ0n) is 32.0. The van der Waals surface area contributed by atoms with Crippen molar-refractivity contribution in [1.29, 1.82) is 5.39 Å². The van der Waals surface area contributed by atoms with Gasteiger partial charge in [0.2, 0.25) is 5.39 Å². The summed E-state index contributed by atoms with van der Waals surface area (Å²) in [5, 5.41) is 36.0. The molecule has 6 aromatic rings. The number of hydrogen-bond acceptors (Lipinski definition) is 5. The second-order valence-corrected chi connectivity index (χ2v) is 17.3. The van der Waals surface area contributed by atoms with E-state index >= 15 is 0 Å². The average Bonchev–Trinajstić information content (AvgIpc) is 3.65. The van der Waals surface area contributed by atoms with Gasteiger partial charge in [0.1, 0.15) is 5.75 Å². The third kappa shape index (κ3) is 8.27. The number of hydrogen-bond donors (Lipinski definition) is 1. The maximum atomic E-state index is 11.0. The molecule has 2 N–H and O–H groups in total. The Morgan fingerprint density at radius 2 is 0.943 bits per heavy atom. The monoisotopic (exact) mass is 716 g/mol. The molecule has 0 unspecified atom stereocenters. The Kier molecular flexibility index (Phi) is 11.2. The van der Waals surface area contributed by atoms with Gasteiger partial charge in [-0.3, -0.25) is 10.1 Å². The predicted molar refractivity (Wildman–Crippen MR) is 210 cm³/mol. The zero-order chi connectivity index (χ0) is 36.3. The number of nitro benzene ring substituents is 1. The van der Waals surface area contributed by atoms with Crippen LogP contribution in [0.25, 0.3) is 37.3 Å². The van der Waals surface area contributed by atoms with Gasteiger partial charge < -0.3 is 10.6 Å². The standard InChI is InChI=1S/C15H15N2.C15H15NO2.C15H16O.Na.H2O/c1-15(2)8-11-6-10-4-3-5-14(17-16)13(10)7-12(11)9-15;1-15(2)8-11-6-10-4-3-5-14(16(17)18)13(10)7-12(11)9-15;1-15(2)8-11-6-10-4-3-5-14(16)13(10)7-12(11)9-15;;/h3-7H,8-9H2,1-2H3;3-7H,8-9H2,1-2H3;3-7,16H,8-9H2,1-2H3;;1H2/q+1;;;+1;/p-1. The summed E-state index contributed by atoms with van der Waals surface area (Å²) in [6.45, 7) is 13.7. The predicted octanol–water partition coefficient (Wildman–Crippen LogP) is 8.82. The number of aromatic hydroxyl groups is 1. The minimum atomic E-state index is -0.297. The van der Waals surface area contributed by atoms with E-state index in [9.17, 15) is 15.2 Å². The van der Waals surface area contributed by atoms with Crippen molar-refractivity contribution < 1.29 is 45.1 Å². The van der Waals surface area contributed by atoms with E-state index in [-0.39, 0.29) is 51.1 Å². The van der Waals surface area contributed by atoms with Crippen molar-refractivity contribution in [2.75, 3.05) is 0 Å². The van der Waals surface area contributed by atoms with E-state index in [1.165, 1.54) is 33.4 Å². The van der Waals surface area contributed by atoms with Crippen LogP contribution in [0.4, 0.5) is 11.4 Å². The number of rotatable bonds is 1. The van der Waals surface area contributed by atoms with Crippen molar-refractivity contribution in [3.05, 3.63) is 139 Å². The number of phenols is 1. The van der Waals surface area contributed by atoms with Crippen molar-refractivity contribution >= 4 is 43.7 Å². The first-order chi connectivity index (χ1) is 24.1. The molecule has 6 aromatic carbocycles. The van der Waals surface area contributed by atoms with Gasteiger partial charge in [-0.05, 0) is 129 Å². The van der Waals surface area contributed by atoms with E-state index in [0.717, 1.165) is 70.8 Å².